The molecule has 1 aromatic heterocycles. The highest BCUT2D eigenvalue weighted by atomic mass is 79.9. The summed E-state index contributed by atoms with van der Waals surface area (Å²) in [5.74, 6) is -0.196. The molecule has 1 amide bonds. The zero-order chi connectivity index (χ0) is 27.2. The average molecular weight is 602 g/mol. The number of nitrogens with zero attached hydrogens (tertiary/aromatic N) is 3. The average Bonchev–Trinajstić information content (AvgIpc) is 2.89. The van der Waals surface area contributed by atoms with E-state index in [0.717, 1.165) is 4.47 Å². The Balaban J connectivity index is 1.59. The van der Waals surface area contributed by atoms with Gasteiger partial charge in [-0.3, -0.25) is 9.59 Å². The van der Waals surface area contributed by atoms with E-state index in [-0.39, 0.29) is 27.8 Å². The molecule has 4 rings (SSSR count). The maximum absolute atomic E-state index is 13.8. The molecule has 0 aliphatic carbocycles. The molecule has 0 saturated heterocycles. The first-order valence-electron chi connectivity index (χ1n) is 11.7. The minimum absolute atomic E-state index is 0.0426. The van der Waals surface area contributed by atoms with Crippen LogP contribution in [0.5, 0.6) is 11.5 Å². The molecule has 11 heteroatoms. The molecule has 0 atom stereocenters. The van der Waals surface area contributed by atoms with E-state index in [1.807, 2.05) is 13.0 Å². The smallest absolute Gasteiger partial charge is 0.282 e. The van der Waals surface area contributed by atoms with Crippen molar-refractivity contribution >= 4 is 56.2 Å². The van der Waals surface area contributed by atoms with Gasteiger partial charge in [0.1, 0.15) is 11.6 Å². The van der Waals surface area contributed by atoms with E-state index in [0.29, 0.717) is 35.3 Å². The third-order valence-electron chi connectivity index (χ3n) is 5.34. The van der Waals surface area contributed by atoms with Crippen LogP contribution in [0, 0.1) is 5.82 Å². The zero-order valence-corrected chi connectivity index (χ0v) is 22.8. The van der Waals surface area contributed by atoms with Gasteiger partial charge in [0.15, 0.2) is 18.1 Å². The maximum Gasteiger partial charge on any atom is 0.282 e. The molecule has 3 aromatic carbocycles. The molecule has 0 fully saturated rings. The number of hydrogen-bond acceptors (Lipinski definition) is 6. The minimum atomic E-state index is -0.568. The Bertz CT molecular complexity index is 1590. The van der Waals surface area contributed by atoms with Gasteiger partial charge in [0.05, 0.1) is 34.4 Å². The second-order valence-electron chi connectivity index (χ2n) is 7.98. The number of nitrogens with one attached hydrogen (secondary N) is 1. The van der Waals surface area contributed by atoms with Gasteiger partial charge in [-0.25, -0.2) is 9.37 Å². The number of rotatable bonds is 9. The van der Waals surface area contributed by atoms with Crippen molar-refractivity contribution in [1.29, 1.82) is 0 Å². The van der Waals surface area contributed by atoms with E-state index in [1.54, 1.807) is 37.3 Å². The van der Waals surface area contributed by atoms with E-state index < -0.39 is 18.3 Å². The third-order valence-corrected chi connectivity index (χ3v) is 6.12. The summed E-state index contributed by atoms with van der Waals surface area (Å²) in [6.07, 6.45) is 1.96. The lowest BCUT2D eigenvalue weighted by Crippen LogP contribution is -2.22. The van der Waals surface area contributed by atoms with Gasteiger partial charge in [0, 0.05) is 10.9 Å². The first-order chi connectivity index (χ1) is 18.3. The predicted molar refractivity (Wildman–Crippen MR) is 149 cm³/mol. The molecule has 1 N–H and O–H groups in total. The number of ether oxygens (including phenoxy) is 2. The molecule has 0 bridgehead atoms. The van der Waals surface area contributed by atoms with Crippen molar-refractivity contribution in [2.24, 2.45) is 5.10 Å². The molecule has 0 aliphatic rings. The summed E-state index contributed by atoms with van der Waals surface area (Å²) in [5.41, 5.74) is 0.857. The van der Waals surface area contributed by atoms with Crippen molar-refractivity contribution in [3.05, 3.63) is 91.7 Å². The zero-order valence-electron chi connectivity index (χ0n) is 20.5. The Morgan fingerprint density at radius 1 is 1.18 bits per heavy atom. The summed E-state index contributed by atoms with van der Waals surface area (Å²) in [4.78, 5) is 30.0. The lowest BCUT2D eigenvalue weighted by Gasteiger charge is -2.14. The van der Waals surface area contributed by atoms with Crippen LogP contribution in [0.2, 0.25) is 5.02 Å². The first-order valence-corrected chi connectivity index (χ1v) is 12.9. The van der Waals surface area contributed by atoms with Crippen LogP contribution >= 0.6 is 27.5 Å². The van der Waals surface area contributed by atoms with Crippen LogP contribution in [-0.2, 0) is 11.2 Å². The Morgan fingerprint density at radius 2 is 1.97 bits per heavy atom. The van der Waals surface area contributed by atoms with Crippen LogP contribution < -0.4 is 20.3 Å². The van der Waals surface area contributed by atoms with Crippen molar-refractivity contribution in [1.82, 2.24) is 9.66 Å². The number of hydrogen-bond donors (Lipinski definition) is 1. The van der Waals surface area contributed by atoms with Crippen molar-refractivity contribution in [2.45, 2.75) is 20.3 Å². The molecule has 0 saturated carbocycles. The molecule has 196 valence electrons. The summed E-state index contributed by atoms with van der Waals surface area (Å²) < 4.78 is 27.1. The number of fused-ring (bicyclic) bond motifs is 1. The fourth-order valence-corrected chi connectivity index (χ4v) is 4.25. The van der Waals surface area contributed by atoms with Gasteiger partial charge in [-0.15, -0.1) is 0 Å². The summed E-state index contributed by atoms with van der Waals surface area (Å²) in [6.45, 7) is 3.55. The summed E-state index contributed by atoms with van der Waals surface area (Å²) in [6, 6.07) is 14.3. The molecule has 4 aromatic rings. The maximum atomic E-state index is 13.8. The highest BCUT2D eigenvalue weighted by Gasteiger charge is 2.16. The number of aromatic nitrogens is 2. The lowest BCUT2D eigenvalue weighted by atomic mass is 10.2. The normalized spacial score (nSPS) is 11.2. The van der Waals surface area contributed by atoms with E-state index in [1.165, 1.54) is 29.1 Å². The predicted octanol–water partition coefficient (Wildman–Crippen LogP) is 5.81. The van der Waals surface area contributed by atoms with Crippen LogP contribution in [-0.4, -0.2) is 35.0 Å². The topological polar surface area (TPSA) is 94.8 Å². The number of aryl methyl sites for hydroxylation is 1. The van der Waals surface area contributed by atoms with E-state index >= 15 is 0 Å². The fourth-order valence-electron chi connectivity index (χ4n) is 3.62. The van der Waals surface area contributed by atoms with Crippen LogP contribution in [0.15, 0.2) is 69.0 Å². The molecular weight excluding hydrogens is 579 g/mol. The second kappa shape index (κ2) is 12.2. The molecular formula is C27H23BrClFN4O4. The highest BCUT2D eigenvalue weighted by molar-refractivity contribution is 9.10. The molecule has 8 nitrogen and oxygen atoms in total. The van der Waals surface area contributed by atoms with Crippen LogP contribution in [0.25, 0.3) is 10.9 Å². The van der Waals surface area contributed by atoms with Crippen LogP contribution in [0.3, 0.4) is 0 Å². The SMILES string of the molecule is CCOc1cc(C=Nn2c(CC)nc3ccc(Br)cc3c2=O)cc(Cl)c1OCC(=O)Nc1ccccc1F. The number of anilines is 1. The van der Waals surface area contributed by atoms with Crippen molar-refractivity contribution in [3.8, 4) is 11.5 Å². The highest BCUT2D eigenvalue weighted by Crippen LogP contribution is 2.36. The van der Waals surface area contributed by atoms with E-state index in [9.17, 15) is 14.0 Å². The number of para-hydroxylation sites is 1. The molecule has 1 heterocycles. The van der Waals surface area contributed by atoms with Crippen molar-refractivity contribution in [3.63, 3.8) is 0 Å². The van der Waals surface area contributed by atoms with Gasteiger partial charge in [-0.05, 0) is 55.0 Å². The number of amides is 1. The summed E-state index contributed by atoms with van der Waals surface area (Å²) in [7, 11) is 0. The van der Waals surface area contributed by atoms with E-state index in [2.05, 4.69) is 31.3 Å². The van der Waals surface area contributed by atoms with Gasteiger partial charge < -0.3 is 14.8 Å². The largest absolute Gasteiger partial charge is 0.490 e. The van der Waals surface area contributed by atoms with E-state index in [4.69, 9.17) is 21.1 Å². The Hall–Kier alpha value is -3.76. The molecule has 0 radical (unpaired) electrons. The van der Waals surface area contributed by atoms with Gasteiger partial charge in [0.25, 0.3) is 11.5 Å². The number of carbonyl (C=O) groups is 1. The quantitative estimate of drug-likeness (QED) is 0.244. The van der Waals surface area contributed by atoms with Gasteiger partial charge in [-0.1, -0.05) is 46.6 Å². The molecule has 0 spiro atoms. The molecule has 0 unspecified atom stereocenters. The lowest BCUT2D eigenvalue weighted by molar-refractivity contribution is -0.118. The molecule has 0 aliphatic heterocycles. The summed E-state index contributed by atoms with van der Waals surface area (Å²) >= 11 is 9.85. The van der Waals surface area contributed by atoms with Crippen LogP contribution in [0.1, 0.15) is 25.2 Å². The van der Waals surface area contributed by atoms with Gasteiger partial charge in [-0.2, -0.15) is 9.78 Å². The summed E-state index contributed by atoms with van der Waals surface area (Å²) in [5, 5.41) is 7.42. The monoisotopic (exact) mass is 600 g/mol. The second-order valence-corrected chi connectivity index (χ2v) is 9.31. The van der Waals surface area contributed by atoms with Crippen molar-refractivity contribution in [2.75, 3.05) is 18.5 Å². The Morgan fingerprint density at radius 3 is 2.71 bits per heavy atom. The fraction of sp³-hybridized carbons (Fsp3) is 0.185. The Kier molecular flexibility index (Phi) is 8.75. The number of halogens is 3. The standard InChI is InChI=1S/C27H23BrClFN4O4/c1-3-24-32-21-10-9-17(28)13-18(21)27(36)34(24)31-14-16-11-19(29)26(23(12-16)37-4-2)38-15-25(35)33-22-8-6-5-7-20(22)30/h5-14H,3-4,15H2,1-2H3,(H,33,35). The minimum Gasteiger partial charge on any atom is -0.490 e. The molecule has 38 heavy (non-hydrogen) atoms. The van der Waals surface area contributed by atoms with Gasteiger partial charge in [0.2, 0.25) is 0 Å². The van der Waals surface area contributed by atoms with Crippen molar-refractivity contribution < 1.29 is 18.7 Å². The third kappa shape index (κ3) is 6.20. The number of benzene rings is 3. The Labute approximate surface area is 231 Å². The van der Waals surface area contributed by atoms with Crippen LogP contribution in [0.4, 0.5) is 10.1 Å². The van der Waals surface area contributed by atoms with Gasteiger partial charge >= 0.3 is 0 Å². The first kappa shape index (κ1) is 27.3. The number of carbonyl (C=O) groups excluding carboxylic acids is 1.